The zero-order chi connectivity index (χ0) is 16.6. The summed E-state index contributed by atoms with van der Waals surface area (Å²) in [6.07, 6.45) is 7.68. The SMILES string of the molecule is Clc1cccc(CN2CCN(CCCCCn3cccn3)CC2)c1. The first-order chi connectivity index (χ1) is 11.8. The molecule has 0 saturated carbocycles. The molecule has 2 aromatic rings. The highest BCUT2D eigenvalue weighted by Gasteiger charge is 2.16. The van der Waals surface area contributed by atoms with E-state index in [2.05, 4.69) is 27.0 Å². The Morgan fingerprint density at radius 2 is 1.71 bits per heavy atom. The van der Waals surface area contributed by atoms with E-state index in [1.165, 1.54) is 44.5 Å². The van der Waals surface area contributed by atoms with E-state index in [0.29, 0.717) is 0 Å². The Morgan fingerprint density at radius 3 is 2.46 bits per heavy atom. The van der Waals surface area contributed by atoms with E-state index in [1.807, 2.05) is 35.3 Å². The van der Waals surface area contributed by atoms with Gasteiger partial charge in [0.2, 0.25) is 0 Å². The van der Waals surface area contributed by atoms with E-state index >= 15 is 0 Å². The van der Waals surface area contributed by atoms with E-state index in [1.54, 1.807) is 0 Å². The summed E-state index contributed by atoms with van der Waals surface area (Å²) in [5.74, 6) is 0. The number of nitrogens with zero attached hydrogens (tertiary/aromatic N) is 4. The van der Waals surface area contributed by atoms with Crippen molar-refractivity contribution in [3.63, 3.8) is 0 Å². The Morgan fingerprint density at radius 1 is 0.917 bits per heavy atom. The van der Waals surface area contributed by atoms with Crippen LogP contribution in [0.4, 0.5) is 0 Å². The quantitative estimate of drug-likeness (QED) is 0.683. The van der Waals surface area contributed by atoms with Crippen LogP contribution in [0.3, 0.4) is 0 Å². The van der Waals surface area contributed by atoms with Gasteiger partial charge in [-0.2, -0.15) is 5.10 Å². The minimum absolute atomic E-state index is 0.834. The normalized spacial score (nSPS) is 16.5. The van der Waals surface area contributed by atoms with E-state index < -0.39 is 0 Å². The van der Waals surface area contributed by atoms with Gasteiger partial charge in [-0.15, -0.1) is 0 Å². The molecular formula is C19H27ClN4. The van der Waals surface area contributed by atoms with Gasteiger partial charge in [0.1, 0.15) is 0 Å². The van der Waals surface area contributed by atoms with Gasteiger partial charge in [0.05, 0.1) is 0 Å². The second kappa shape index (κ2) is 9.21. The maximum absolute atomic E-state index is 6.07. The van der Waals surface area contributed by atoms with Crippen LogP contribution in [0.25, 0.3) is 0 Å². The zero-order valence-corrected chi connectivity index (χ0v) is 15.0. The maximum Gasteiger partial charge on any atom is 0.0489 e. The van der Waals surface area contributed by atoms with E-state index in [-0.39, 0.29) is 0 Å². The number of aryl methyl sites for hydroxylation is 1. The lowest BCUT2D eigenvalue weighted by Gasteiger charge is -2.34. The Balaban J connectivity index is 1.28. The van der Waals surface area contributed by atoms with Gasteiger partial charge in [0, 0.05) is 56.7 Å². The fourth-order valence-electron chi connectivity index (χ4n) is 3.28. The summed E-state index contributed by atoms with van der Waals surface area (Å²) in [4.78, 5) is 5.13. The first-order valence-corrected chi connectivity index (χ1v) is 9.34. The van der Waals surface area contributed by atoms with Crippen molar-refractivity contribution >= 4 is 11.6 Å². The number of hydrogen-bond acceptors (Lipinski definition) is 3. The molecule has 1 aromatic carbocycles. The molecule has 1 saturated heterocycles. The van der Waals surface area contributed by atoms with Gasteiger partial charge in [0.15, 0.2) is 0 Å². The van der Waals surface area contributed by atoms with Crippen LogP contribution in [-0.2, 0) is 13.1 Å². The number of unbranched alkanes of at least 4 members (excludes halogenated alkanes) is 2. The summed E-state index contributed by atoms with van der Waals surface area (Å²) in [5, 5.41) is 5.08. The number of hydrogen-bond donors (Lipinski definition) is 0. The van der Waals surface area contributed by atoms with Gasteiger partial charge in [-0.25, -0.2) is 0 Å². The monoisotopic (exact) mass is 346 g/mol. The number of aromatic nitrogens is 2. The Kier molecular flexibility index (Phi) is 6.70. The van der Waals surface area contributed by atoms with E-state index in [9.17, 15) is 0 Å². The Hall–Kier alpha value is -1.36. The molecule has 0 aliphatic carbocycles. The van der Waals surface area contributed by atoms with Crippen LogP contribution in [0.15, 0.2) is 42.7 Å². The van der Waals surface area contributed by atoms with Crippen molar-refractivity contribution < 1.29 is 0 Å². The van der Waals surface area contributed by atoms with Crippen molar-refractivity contribution in [2.75, 3.05) is 32.7 Å². The fraction of sp³-hybridized carbons (Fsp3) is 0.526. The lowest BCUT2D eigenvalue weighted by Crippen LogP contribution is -2.46. The largest absolute Gasteiger partial charge is 0.301 e. The minimum atomic E-state index is 0.834. The van der Waals surface area contributed by atoms with Crippen LogP contribution in [0.2, 0.25) is 5.02 Å². The van der Waals surface area contributed by atoms with Crippen molar-refractivity contribution in [3.05, 3.63) is 53.3 Å². The van der Waals surface area contributed by atoms with Gasteiger partial charge in [0.25, 0.3) is 0 Å². The lowest BCUT2D eigenvalue weighted by molar-refractivity contribution is 0.125. The molecule has 1 aliphatic heterocycles. The predicted molar refractivity (Wildman–Crippen MR) is 99.2 cm³/mol. The first-order valence-electron chi connectivity index (χ1n) is 8.96. The maximum atomic E-state index is 6.07. The molecule has 0 amide bonds. The van der Waals surface area contributed by atoms with Crippen LogP contribution in [0.1, 0.15) is 24.8 Å². The van der Waals surface area contributed by atoms with Gasteiger partial charge < -0.3 is 4.90 Å². The van der Waals surface area contributed by atoms with Gasteiger partial charge in [-0.1, -0.05) is 30.2 Å². The number of halogens is 1. The smallest absolute Gasteiger partial charge is 0.0489 e. The average Bonchev–Trinajstić information content (AvgIpc) is 3.09. The standard InChI is InChI=1S/C19H27ClN4/c20-19-7-4-6-18(16-19)17-23-14-12-22(13-15-23)9-2-1-3-10-24-11-5-8-21-24/h4-8,11,16H,1-3,9-10,12-15,17H2. The second-order valence-corrected chi connectivity index (χ2v) is 7.01. The van der Waals surface area contributed by atoms with Crippen LogP contribution in [0.5, 0.6) is 0 Å². The summed E-state index contributed by atoms with van der Waals surface area (Å²) >= 11 is 6.07. The summed E-state index contributed by atoms with van der Waals surface area (Å²) in [6.45, 7) is 7.95. The van der Waals surface area contributed by atoms with Crippen molar-refractivity contribution in [1.82, 2.24) is 19.6 Å². The highest BCUT2D eigenvalue weighted by Crippen LogP contribution is 2.14. The summed E-state index contributed by atoms with van der Waals surface area (Å²) < 4.78 is 2.02. The third kappa shape index (κ3) is 5.62. The first kappa shape index (κ1) is 17.5. The Labute approximate surface area is 150 Å². The molecule has 24 heavy (non-hydrogen) atoms. The predicted octanol–water partition coefficient (Wildman–Crippen LogP) is 3.52. The highest BCUT2D eigenvalue weighted by atomic mass is 35.5. The van der Waals surface area contributed by atoms with Crippen molar-refractivity contribution in [2.24, 2.45) is 0 Å². The topological polar surface area (TPSA) is 24.3 Å². The molecule has 1 fully saturated rings. The summed E-state index contributed by atoms with van der Waals surface area (Å²) in [6, 6.07) is 10.2. The third-order valence-electron chi connectivity index (χ3n) is 4.68. The molecule has 0 N–H and O–H groups in total. The van der Waals surface area contributed by atoms with Crippen LogP contribution >= 0.6 is 11.6 Å². The molecule has 2 heterocycles. The van der Waals surface area contributed by atoms with E-state index in [0.717, 1.165) is 31.2 Å². The van der Waals surface area contributed by atoms with Crippen LogP contribution in [0, 0.1) is 0 Å². The molecule has 3 rings (SSSR count). The molecule has 1 aliphatic rings. The molecule has 0 atom stereocenters. The van der Waals surface area contributed by atoms with Crippen LogP contribution in [-0.4, -0.2) is 52.3 Å². The van der Waals surface area contributed by atoms with Gasteiger partial charge >= 0.3 is 0 Å². The molecule has 1 aromatic heterocycles. The molecule has 4 nitrogen and oxygen atoms in total. The lowest BCUT2D eigenvalue weighted by atomic mass is 10.2. The minimum Gasteiger partial charge on any atom is -0.301 e. The van der Waals surface area contributed by atoms with E-state index in [4.69, 9.17) is 11.6 Å². The third-order valence-corrected chi connectivity index (χ3v) is 4.92. The Bertz CT molecular complexity index is 591. The molecule has 0 spiro atoms. The molecule has 5 heteroatoms. The second-order valence-electron chi connectivity index (χ2n) is 6.58. The van der Waals surface area contributed by atoms with Gasteiger partial charge in [-0.3, -0.25) is 9.58 Å². The number of rotatable bonds is 8. The van der Waals surface area contributed by atoms with Gasteiger partial charge in [-0.05, 0) is 43.1 Å². The number of benzene rings is 1. The fourth-order valence-corrected chi connectivity index (χ4v) is 3.50. The highest BCUT2D eigenvalue weighted by molar-refractivity contribution is 6.30. The van der Waals surface area contributed by atoms with Crippen LogP contribution < -0.4 is 0 Å². The average molecular weight is 347 g/mol. The van der Waals surface area contributed by atoms with Crippen molar-refractivity contribution in [1.29, 1.82) is 0 Å². The molecular weight excluding hydrogens is 320 g/mol. The molecule has 0 unspecified atom stereocenters. The number of piperazine rings is 1. The summed E-state index contributed by atoms with van der Waals surface area (Å²) in [5.41, 5.74) is 1.31. The van der Waals surface area contributed by atoms with Crippen molar-refractivity contribution in [2.45, 2.75) is 32.4 Å². The zero-order valence-electron chi connectivity index (χ0n) is 14.3. The van der Waals surface area contributed by atoms with Crippen molar-refractivity contribution in [3.8, 4) is 0 Å². The molecule has 0 bridgehead atoms. The molecule has 130 valence electrons. The summed E-state index contributed by atoms with van der Waals surface area (Å²) in [7, 11) is 0. The molecule has 0 radical (unpaired) electrons.